The van der Waals surface area contributed by atoms with E-state index < -0.39 is 29.4 Å². The number of imide groups is 1. The van der Waals surface area contributed by atoms with Gasteiger partial charge in [0.05, 0.1) is 29.0 Å². The van der Waals surface area contributed by atoms with E-state index in [4.69, 9.17) is 5.10 Å². The van der Waals surface area contributed by atoms with Crippen molar-refractivity contribution in [1.29, 1.82) is 0 Å². The van der Waals surface area contributed by atoms with Gasteiger partial charge in [-0.3, -0.25) is 34.4 Å². The first-order chi connectivity index (χ1) is 27.6. The summed E-state index contributed by atoms with van der Waals surface area (Å²) in [6, 6.07) is 12.7. The molecule has 5 aromatic rings. The zero-order valence-electron chi connectivity index (χ0n) is 32.6. The number of aliphatic hydroxyl groups is 1. The number of urea groups is 1. The molecular weight excluding hydrogens is 752 g/mol. The molecule has 1 atom stereocenters. The van der Waals surface area contributed by atoms with Gasteiger partial charge < -0.3 is 15.3 Å². The topological polar surface area (TPSA) is 149 Å². The number of fused-ring (bicyclic) bond motifs is 2. The Balaban J connectivity index is 0.902. The lowest BCUT2D eigenvalue weighted by molar-refractivity contribution is -0.141. The molecule has 3 fully saturated rings. The molecular formula is C42H46F3N9O4. The van der Waals surface area contributed by atoms with Crippen molar-refractivity contribution in [3.63, 3.8) is 0 Å². The van der Waals surface area contributed by atoms with E-state index in [-0.39, 0.29) is 35.8 Å². The highest BCUT2D eigenvalue weighted by Gasteiger charge is 2.34. The molecule has 1 saturated carbocycles. The van der Waals surface area contributed by atoms with E-state index in [1.54, 1.807) is 37.1 Å². The second-order valence-corrected chi connectivity index (χ2v) is 16.2. The van der Waals surface area contributed by atoms with Crippen LogP contribution in [0, 0.1) is 5.92 Å². The summed E-state index contributed by atoms with van der Waals surface area (Å²) in [4.78, 5) is 52.1. The van der Waals surface area contributed by atoms with Crippen LogP contribution in [0.25, 0.3) is 21.7 Å². The molecule has 13 nitrogen and oxygen atoms in total. The summed E-state index contributed by atoms with van der Waals surface area (Å²) in [5, 5.41) is 23.6. The highest BCUT2D eigenvalue weighted by atomic mass is 19.4. The van der Waals surface area contributed by atoms with Gasteiger partial charge in [0, 0.05) is 90.7 Å². The Labute approximate surface area is 333 Å². The van der Waals surface area contributed by atoms with Gasteiger partial charge in [-0.15, -0.1) is 0 Å². The molecule has 1 aliphatic carbocycles. The first-order valence-electron chi connectivity index (χ1n) is 19.7. The van der Waals surface area contributed by atoms with Gasteiger partial charge in [-0.1, -0.05) is 18.2 Å². The summed E-state index contributed by atoms with van der Waals surface area (Å²) in [5.41, 5.74) is 0.146. The number of anilines is 3. The molecule has 58 heavy (non-hydrogen) atoms. The largest absolute Gasteiger partial charge is 0.433 e. The minimum atomic E-state index is -4.69. The maximum absolute atomic E-state index is 13.3. The Hall–Kier alpha value is -5.61. The van der Waals surface area contributed by atoms with Crippen LogP contribution >= 0.6 is 0 Å². The van der Waals surface area contributed by atoms with Crippen LogP contribution in [0.2, 0.25) is 0 Å². The summed E-state index contributed by atoms with van der Waals surface area (Å²) < 4.78 is 41.8. The molecule has 3 N–H and O–H groups in total. The zero-order chi connectivity index (χ0) is 40.9. The SMILES string of the molecule is C[C@@H]1CN(CC2CCC(n3cc4cc(NC(=O)c5cccc(C(F)(F)F)n5)c(C(C)(C)O)cc4n3)CC2)CCN1c1cccc2c(N3CCC(=O)NC3=O)cncc12. The average Bonchev–Trinajstić information content (AvgIpc) is 3.60. The van der Waals surface area contributed by atoms with Gasteiger partial charge >= 0.3 is 12.2 Å². The summed E-state index contributed by atoms with van der Waals surface area (Å²) >= 11 is 0. The molecule has 0 bridgehead atoms. The minimum absolute atomic E-state index is 0.179. The van der Waals surface area contributed by atoms with E-state index in [0.717, 1.165) is 85.8 Å². The summed E-state index contributed by atoms with van der Waals surface area (Å²) in [6.07, 6.45) is 5.01. The summed E-state index contributed by atoms with van der Waals surface area (Å²) in [6.45, 7) is 9.40. The Kier molecular flexibility index (Phi) is 10.3. The molecule has 5 heterocycles. The fourth-order valence-electron chi connectivity index (χ4n) is 8.73. The number of piperazine rings is 1. The lowest BCUT2D eigenvalue weighted by Gasteiger charge is -2.43. The van der Waals surface area contributed by atoms with Crippen molar-refractivity contribution in [1.82, 2.24) is 30.0 Å². The second kappa shape index (κ2) is 15.3. The van der Waals surface area contributed by atoms with E-state index in [1.807, 2.05) is 29.2 Å². The lowest BCUT2D eigenvalue weighted by atomic mass is 9.85. The van der Waals surface area contributed by atoms with Crippen LogP contribution in [0.15, 0.2) is 67.1 Å². The van der Waals surface area contributed by atoms with Crippen LogP contribution in [-0.2, 0) is 16.6 Å². The first-order valence-corrected chi connectivity index (χ1v) is 19.7. The fraction of sp³-hybridized carbons (Fsp3) is 0.429. The predicted octanol–water partition coefficient (Wildman–Crippen LogP) is 6.87. The van der Waals surface area contributed by atoms with Gasteiger partial charge in [0.1, 0.15) is 11.4 Å². The number of rotatable bonds is 8. The average molecular weight is 798 g/mol. The van der Waals surface area contributed by atoms with Crippen LogP contribution in [0.5, 0.6) is 0 Å². The Morgan fingerprint density at radius 2 is 1.74 bits per heavy atom. The number of nitrogens with zero attached hydrogens (tertiary/aromatic N) is 7. The van der Waals surface area contributed by atoms with E-state index in [9.17, 15) is 32.7 Å². The molecule has 0 unspecified atom stereocenters. The molecule has 3 aromatic heterocycles. The quantitative estimate of drug-likeness (QED) is 0.153. The maximum Gasteiger partial charge on any atom is 0.433 e. The van der Waals surface area contributed by atoms with E-state index in [0.29, 0.717) is 29.2 Å². The number of carbonyl (C=O) groups is 3. The third-order valence-electron chi connectivity index (χ3n) is 11.7. The molecule has 2 aliphatic heterocycles. The molecule has 304 valence electrons. The van der Waals surface area contributed by atoms with Crippen LogP contribution < -0.4 is 20.4 Å². The maximum atomic E-state index is 13.3. The van der Waals surface area contributed by atoms with Crippen LogP contribution in [0.4, 0.5) is 35.0 Å². The van der Waals surface area contributed by atoms with Crippen molar-refractivity contribution in [3.8, 4) is 0 Å². The lowest BCUT2D eigenvalue weighted by Crippen LogP contribution is -2.53. The second-order valence-electron chi connectivity index (χ2n) is 16.2. The van der Waals surface area contributed by atoms with Crippen molar-refractivity contribution in [2.75, 3.05) is 47.8 Å². The van der Waals surface area contributed by atoms with Crippen molar-refractivity contribution in [2.45, 2.75) is 76.7 Å². The van der Waals surface area contributed by atoms with Gasteiger partial charge in [0.25, 0.3) is 5.91 Å². The molecule has 2 aromatic carbocycles. The summed E-state index contributed by atoms with van der Waals surface area (Å²) in [7, 11) is 0. The Morgan fingerprint density at radius 1 is 0.966 bits per heavy atom. The zero-order valence-corrected chi connectivity index (χ0v) is 32.6. The normalized spacial score (nSPS) is 21.1. The number of pyridine rings is 2. The number of nitrogens with one attached hydrogen (secondary N) is 2. The van der Waals surface area contributed by atoms with Crippen LogP contribution in [-0.4, -0.2) is 86.4 Å². The first kappa shape index (κ1) is 39.2. The fourth-order valence-corrected chi connectivity index (χ4v) is 8.73. The predicted molar refractivity (Wildman–Crippen MR) is 214 cm³/mol. The van der Waals surface area contributed by atoms with Gasteiger partial charge in [-0.05, 0) is 82.7 Å². The number of carbonyl (C=O) groups excluding carboxylic acids is 3. The molecule has 0 radical (unpaired) electrons. The standard InChI is InChI=1S/C42H46F3N9O4/c1-25-22-51(16-17-52(25)35-8-4-6-29-30(35)20-46-21-36(29)53-15-14-38(55)49-40(53)57)23-26-10-12-28(13-11-26)54-24-27-18-34(31(41(2,3)58)19-33(27)50-54)48-39(56)32-7-5-9-37(47-32)42(43,44)45/h4-9,18-21,24-26,28,58H,10-17,22-23H2,1-3H3,(H,48,56)(H,49,55,57)/t25-,26?,28?/m1/s1. The van der Waals surface area contributed by atoms with Gasteiger partial charge in [-0.25, -0.2) is 9.78 Å². The number of halogens is 3. The van der Waals surface area contributed by atoms with E-state index in [1.165, 1.54) is 6.07 Å². The van der Waals surface area contributed by atoms with E-state index >= 15 is 0 Å². The van der Waals surface area contributed by atoms with Crippen LogP contribution in [0.1, 0.15) is 80.7 Å². The Bertz CT molecular complexity index is 2390. The molecule has 3 aliphatic rings. The number of hydrogen-bond acceptors (Lipinski definition) is 9. The third-order valence-corrected chi connectivity index (χ3v) is 11.7. The highest BCUT2D eigenvalue weighted by molar-refractivity contribution is 6.11. The Morgan fingerprint density at radius 3 is 2.47 bits per heavy atom. The minimum Gasteiger partial charge on any atom is -0.386 e. The van der Waals surface area contributed by atoms with Crippen molar-refractivity contribution in [2.24, 2.45) is 5.92 Å². The number of alkyl halides is 3. The van der Waals surface area contributed by atoms with Gasteiger partial charge in [-0.2, -0.15) is 18.3 Å². The number of benzene rings is 2. The van der Waals surface area contributed by atoms with Gasteiger partial charge in [0.2, 0.25) is 5.91 Å². The number of aromatic nitrogens is 4. The molecule has 4 amide bonds. The highest BCUT2D eigenvalue weighted by Crippen LogP contribution is 2.38. The molecule has 16 heteroatoms. The summed E-state index contributed by atoms with van der Waals surface area (Å²) in [5.74, 6) is -0.548. The van der Waals surface area contributed by atoms with Crippen molar-refractivity contribution in [3.05, 3.63) is 84.1 Å². The smallest absolute Gasteiger partial charge is 0.386 e. The third kappa shape index (κ3) is 7.94. The number of amides is 4. The van der Waals surface area contributed by atoms with Gasteiger partial charge in [0.15, 0.2) is 0 Å². The number of hydrogen-bond donors (Lipinski definition) is 3. The monoisotopic (exact) mass is 797 g/mol. The van der Waals surface area contributed by atoms with Crippen molar-refractivity contribution >= 4 is 56.6 Å². The molecule has 2 saturated heterocycles. The van der Waals surface area contributed by atoms with E-state index in [2.05, 4.69) is 43.4 Å². The molecule has 8 rings (SSSR count). The molecule has 0 spiro atoms. The van der Waals surface area contributed by atoms with Crippen molar-refractivity contribution < 1.29 is 32.7 Å². The van der Waals surface area contributed by atoms with Crippen LogP contribution in [0.3, 0.4) is 0 Å².